The molecule has 0 atom stereocenters. The van der Waals surface area contributed by atoms with E-state index in [0.29, 0.717) is 17.7 Å². The van der Waals surface area contributed by atoms with Gasteiger partial charge in [0.15, 0.2) is 5.78 Å². The third-order valence-electron chi connectivity index (χ3n) is 2.77. The molecule has 3 heteroatoms. The van der Waals surface area contributed by atoms with E-state index in [-0.39, 0.29) is 5.78 Å². The summed E-state index contributed by atoms with van der Waals surface area (Å²) in [4.78, 5) is 16.0. The van der Waals surface area contributed by atoms with Gasteiger partial charge >= 0.3 is 0 Å². The molecule has 92 valence electrons. The zero-order valence-electron chi connectivity index (χ0n) is 10.5. The molecule has 0 saturated carbocycles. The fourth-order valence-corrected chi connectivity index (χ4v) is 1.82. The monoisotopic (exact) mass is 241 g/mol. The first-order valence-corrected chi connectivity index (χ1v) is 5.89. The fraction of sp³-hybridized carbons (Fsp3) is 0.200. The second-order valence-electron chi connectivity index (χ2n) is 3.91. The van der Waals surface area contributed by atoms with Crippen LogP contribution in [0, 0.1) is 0 Å². The van der Waals surface area contributed by atoms with Gasteiger partial charge in [-0.3, -0.25) is 9.78 Å². The Balaban J connectivity index is 2.48. The number of pyridine rings is 1. The molecule has 0 N–H and O–H groups in total. The minimum absolute atomic E-state index is 0.131. The number of carbonyl (C=O) groups excluding carboxylic acids is 1. The van der Waals surface area contributed by atoms with Crippen LogP contribution in [0.4, 0.5) is 0 Å². The van der Waals surface area contributed by atoms with Crippen molar-refractivity contribution in [3.8, 4) is 17.0 Å². The molecule has 3 nitrogen and oxygen atoms in total. The first-order valence-electron chi connectivity index (χ1n) is 5.89. The van der Waals surface area contributed by atoms with Crippen LogP contribution < -0.4 is 4.74 Å². The third-order valence-corrected chi connectivity index (χ3v) is 2.77. The number of ether oxygens (including phenoxy) is 1. The lowest BCUT2D eigenvalue weighted by Crippen LogP contribution is -1.97. The summed E-state index contributed by atoms with van der Waals surface area (Å²) < 4.78 is 5.28. The Morgan fingerprint density at radius 3 is 2.83 bits per heavy atom. The summed E-state index contributed by atoms with van der Waals surface area (Å²) in [6.45, 7) is 1.86. The zero-order valence-corrected chi connectivity index (χ0v) is 10.5. The van der Waals surface area contributed by atoms with E-state index in [1.165, 1.54) is 0 Å². The second kappa shape index (κ2) is 5.45. The maximum atomic E-state index is 11.7. The number of Topliss-reactive ketones (excluding diaryl/α,β-unsaturated/α-hetero) is 1. The van der Waals surface area contributed by atoms with E-state index < -0.39 is 0 Å². The van der Waals surface area contributed by atoms with Crippen molar-refractivity contribution < 1.29 is 9.53 Å². The number of aromatic nitrogens is 1. The number of hydrogen-bond acceptors (Lipinski definition) is 3. The Labute approximate surface area is 106 Å². The highest BCUT2D eigenvalue weighted by Crippen LogP contribution is 2.27. The topological polar surface area (TPSA) is 39.2 Å². The van der Waals surface area contributed by atoms with Gasteiger partial charge in [0.25, 0.3) is 0 Å². The van der Waals surface area contributed by atoms with Crippen LogP contribution in [0.3, 0.4) is 0 Å². The first-order chi connectivity index (χ1) is 8.76. The molecule has 1 aromatic carbocycles. The number of benzene rings is 1. The van der Waals surface area contributed by atoms with Crippen molar-refractivity contribution in [2.45, 2.75) is 13.3 Å². The smallest absolute Gasteiger partial charge is 0.162 e. The predicted octanol–water partition coefficient (Wildman–Crippen LogP) is 3.35. The van der Waals surface area contributed by atoms with Crippen LogP contribution in [0.1, 0.15) is 23.7 Å². The molecule has 0 spiro atoms. The van der Waals surface area contributed by atoms with Gasteiger partial charge in [0.2, 0.25) is 0 Å². The maximum Gasteiger partial charge on any atom is 0.162 e. The SMILES string of the molecule is CCC(=O)c1cccc(-c2ncccc2OC)c1. The van der Waals surface area contributed by atoms with Gasteiger partial charge in [0, 0.05) is 23.7 Å². The van der Waals surface area contributed by atoms with Crippen LogP contribution in [0.5, 0.6) is 5.75 Å². The van der Waals surface area contributed by atoms with E-state index in [1.54, 1.807) is 13.3 Å². The maximum absolute atomic E-state index is 11.7. The highest BCUT2D eigenvalue weighted by molar-refractivity contribution is 5.97. The Hall–Kier alpha value is -2.16. The molecule has 1 aromatic heterocycles. The van der Waals surface area contributed by atoms with Gasteiger partial charge in [0.1, 0.15) is 11.4 Å². The second-order valence-corrected chi connectivity index (χ2v) is 3.91. The molecule has 2 aromatic rings. The number of carbonyl (C=O) groups is 1. The molecule has 0 amide bonds. The molecule has 2 rings (SSSR count). The number of ketones is 1. The molecule has 18 heavy (non-hydrogen) atoms. The Morgan fingerprint density at radius 1 is 1.28 bits per heavy atom. The Bertz CT molecular complexity index is 564. The third kappa shape index (κ3) is 2.40. The summed E-state index contributed by atoms with van der Waals surface area (Å²) in [6, 6.07) is 11.2. The van der Waals surface area contributed by atoms with Gasteiger partial charge in [0.05, 0.1) is 7.11 Å². The van der Waals surface area contributed by atoms with Crippen LogP contribution in [-0.2, 0) is 0 Å². The van der Waals surface area contributed by atoms with Crippen LogP contribution >= 0.6 is 0 Å². The minimum Gasteiger partial charge on any atom is -0.494 e. The van der Waals surface area contributed by atoms with Crippen LogP contribution in [0.15, 0.2) is 42.6 Å². The molecule has 0 aliphatic heterocycles. The van der Waals surface area contributed by atoms with Crippen LogP contribution in [0.2, 0.25) is 0 Å². The average Bonchev–Trinajstić information content (AvgIpc) is 2.46. The normalized spacial score (nSPS) is 10.1. The van der Waals surface area contributed by atoms with Crippen molar-refractivity contribution in [2.24, 2.45) is 0 Å². The lowest BCUT2D eigenvalue weighted by Gasteiger charge is -2.08. The van der Waals surface area contributed by atoms with Crippen molar-refractivity contribution in [1.82, 2.24) is 4.98 Å². The van der Waals surface area contributed by atoms with Crippen molar-refractivity contribution in [1.29, 1.82) is 0 Å². The first kappa shape index (κ1) is 12.3. The van der Waals surface area contributed by atoms with Gasteiger partial charge in [-0.2, -0.15) is 0 Å². The predicted molar refractivity (Wildman–Crippen MR) is 70.8 cm³/mol. The lowest BCUT2D eigenvalue weighted by atomic mass is 10.0. The summed E-state index contributed by atoms with van der Waals surface area (Å²) in [7, 11) is 1.61. The molecule has 0 aliphatic carbocycles. The van der Waals surface area contributed by atoms with Crippen LogP contribution in [-0.4, -0.2) is 17.9 Å². The Kier molecular flexibility index (Phi) is 3.72. The fourth-order valence-electron chi connectivity index (χ4n) is 1.82. The summed E-state index contributed by atoms with van der Waals surface area (Å²) in [6.07, 6.45) is 2.22. The minimum atomic E-state index is 0.131. The van der Waals surface area contributed by atoms with Gasteiger partial charge in [-0.05, 0) is 18.2 Å². The number of methoxy groups -OCH3 is 1. The van der Waals surface area contributed by atoms with Crippen molar-refractivity contribution in [3.63, 3.8) is 0 Å². The quantitative estimate of drug-likeness (QED) is 0.770. The van der Waals surface area contributed by atoms with Gasteiger partial charge in [-0.15, -0.1) is 0 Å². The molecular weight excluding hydrogens is 226 g/mol. The van der Waals surface area contributed by atoms with Gasteiger partial charge in [-0.25, -0.2) is 0 Å². The highest BCUT2D eigenvalue weighted by Gasteiger charge is 2.09. The standard InChI is InChI=1S/C15H15NO2/c1-3-13(17)11-6-4-7-12(10-11)15-14(18-2)8-5-9-16-15/h4-10H,3H2,1-2H3. The zero-order chi connectivity index (χ0) is 13.0. The van der Waals surface area contributed by atoms with E-state index in [4.69, 9.17) is 4.74 Å². The van der Waals surface area contributed by atoms with Crippen molar-refractivity contribution >= 4 is 5.78 Å². The summed E-state index contributed by atoms with van der Waals surface area (Å²) in [5, 5.41) is 0. The average molecular weight is 241 g/mol. The molecule has 0 unspecified atom stereocenters. The summed E-state index contributed by atoms with van der Waals surface area (Å²) in [5.74, 6) is 0.838. The van der Waals surface area contributed by atoms with Gasteiger partial charge < -0.3 is 4.74 Å². The van der Waals surface area contributed by atoms with E-state index >= 15 is 0 Å². The van der Waals surface area contributed by atoms with Crippen molar-refractivity contribution in [3.05, 3.63) is 48.2 Å². The number of rotatable bonds is 4. The van der Waals surface area contributed by atoms with E-state index in [2.05, 4.69) is 4.98 Å². The lowest BCUT2D eigenvalue weighted by molar-refractivity contribution is 0.0988. The van der Waals surface area contributed by atoms with Gasteiger partial charge in [-0.1, -0.05) is 25.1 Å². The number of nitrogens with zero attached hydrogens (tertiary/aromatic N) is 1. The molecule has 1 heterocycles. The van der Waals surface area contributed by atoms with Crippen molar-refractivity contribution in [2.75, 3.05) is 7.11 Å². The van der Waals surface area contributed by atoms with Crippen LogP contribution in [0.25, 0.3) is 11.3 Å². The molecule has 0 saturated heterocycles. The number of hydrogen-bond donors (Lipinski definition) is 0. The molecule has 0 fully saturated rings. The molecular formula is C15H15NO2. The van der Waals surface area contributed by atoms with E-state index in [0.717, 1.165) is 11.3 Å². The molecule has 0 radical (unpaired) electrons. The summed E-state index contributed by atoms with van der Waals surface area (Å²) in [5.41, 5.74) is 2.36. The summed E-state index contributed by atoms with van der Waals surface area (Å²) >= 11 is 0. The van der Waals surface area contributed by atoms with E-state index in [9.17, 15) is 4.79 Å². The highest BCUT2D eigenvalue weighted by atomic mass is 16.5. The Morgan fingerprint density at radius 2 is 2.11 bits per heavy atom. The molecule has 0 bridgehead atoms. The van der Waals surface area contributed by atoms with E-state index in [1.807, 2.05) is 43.3 Å². The largest absolute Gasteiger partial charge is 0.494 e. The molecule has 0 aliphatic rings.